The lowest BCUT2D eigenvalue weighted by Crippen LogP contribution is -2.16. The van der Waals surface area contributed by atoms with E-state index in [0.717, 1.165) is 32.5 Å². The van der Waals surface area contributed by atoms with Crippen LogP contribution in [0.5, 0.6) is 0 Å². The van der Waals surface area contributed by atoms with Crippen LogP contribution in [-0.2, 0) is 0 Å². The van der Waals surface area contributed by atoms with Gasteiger partial charge in [0.05, 0.1) is 5.69 Å². The standard InChI is InChI=1S/C18H18BrN3O/c1-10-5-11(2)7-15(6-10)21-18(23)16-13(4)20-17-12(3)8-14(19)9-22(16)17/h5-9H,1-4H3,(H,21,23). The van der Waals surface area contributed by atoms with Gasteiger partial charge in [-0.05, 0) is 78.5 Å². The zero-order valence-corrected chi connectivity index (χ0v) is 15.2. The molecular weight excluding hydrogens is 354 g/mol. The molecule has 5 heteroatoms. The third kappa shape index (κ3) is 3.01. The minimum atomic E-state index is -0.155. The van der Waals surface area contributed by atoms with E-state index in [0.29, 0.717) is 11.4 Å². The molecule has 23 heavy (non-hydrogen) atoms. The Hall–Kier alpha value is -2.14. The van der Waals surface area contributed by atoms with Gasteiger partial charge in [0.15, 0.2) is 0 Å². The molecule has 1 N–H and O–H groups in total. The van der Waals surface area contributed by atoms with Crippen LogP contribution in [0, 0.1) is 27.7 Å². The van der Waals surface area contributed by atoms with Gasteiger partial charge in [0.1, 0.15) is 11.3 Å². The quantitative estimate of drug-likeness (QED) is 0.716. The van der Waals surface area contributed by atoms with Crippen molar-refractivity contribution in [3.8, 4) is 0 Å². The highest BCUT2D eigenvalue weighted by Crippen LogP contribution is 2.22. The van der Waals surface area contributed by atoms with Gasteiger partial charge in [-0.15, -0.1) is 0 Å². The maximum Gasteiger partial charge on any atom is 0.274 e. The number of rotatable bonds is 2. The van der Waals surface area contributed by atoms with Crippen LogP contribution in [0.25, 0.3) is 5.65 Å². The maximum atomic E-state index is 12.8. The van der Waals surface area contributed by atoms with Crippen molar-refractivity contribution in [3.05, 3.63) is 63.0 Å². The first-order valence-corrected chi connectivity index (χ1v) is 8.19. The first-order chi connectivity index (χ1) is 10.8. The highest BCUT2D eigenvalue weighted by molar-refractivity contribution is 9.10. The van der Waals surface area contributed by atoms with Crippen LogP contribution in [0.15, 0.2) is 34.9 Å². The number of fused-ring (bicyclic) bond motifs is 1. The average molecular weight is 372 g/mol. The number of halogens is 1. The van der Waals surface area contributed by atoms with Gasteiger partial charge in [-0.25, -0.2) is 4.98 Å². The van der Waals surface area contributed by atoms with E-state index in [2.05, 4.69) is 32.3 Å². The number of nitrogens with zero attached hydrogens (tertiary/aromatic N) is 2. The Morgan fingerprint density at radius 1 is 1.09 bits per heavy atom. The Morgan fingerprint density at radius 3 is 2.39 bits per heavy atom. The van der Waals surface area contributed by atoms with Gasteiger partial charge in [-0.2, -0.15) is 0 Å². The van der Waals surface area contributed by atoms with E-state index in [9.17, 15) is 4.79 Å². The van der Waals surface area contributed by atoms with Gasteiger partial charge in [0, 0.05) is 16.4 Å². The van der Waals surface area contributed by atoms with Gasteiger partial charge in [0.2, 0.25) is 0 Å². The van der Waals surface area contributed by atoms with Crippen LogP contribution in [0.2, 0.25) is 0 Å². The molecule has 0 spiro atoms. The summed E-state index contributed by atoms with van der Waals surface area (Å²) in [6.45, 7) is 7.88. The molecule has 0 atom stereocenters. The number of amides is 1. The predicted octanol–water partition coefficient (Wildman–Crippen LogP) is 4.58. The summed E-state index contributed by atoms with van der Waals surface area (Å²) in [7, 11) is 0. The average Bonchev–Trinajstić information content (AvgIpc) is 2.74. The Kier molecular flexibility index (Phi) is 3.98. The Balaban J connectivity index is 2.05. The van der Waals surface area contributed by atoms with Crippen LogP contribution >= 0.6 is 15.9 Å². The second kappa shape index (κ2) is 5.81. The zero-order chi connectivity index (χ0) is 16.7. The molecule has 0 aliphatic heterocycles. The van der Waals surface area contributed by atoms with E-state index in [1.165, 1.54) is 0 Å². The molecule has 0 aliphatic rings. The summed E-state index contributed by atoms with van der Waals surface area (Å²) in [6.07, 6.45) is 1.87. The highest BCUT2D eigenvalue weighted by atomic mass is 79.9. The first kappa shape index (κ1) is 15.7. The van der Waals surface area contributed by atoms with Crippen LogP contribution in [-0.4, -0.2) is 15.3 Å². The van der Waals surface area contributed by atoms with Gasteiger partial charge in [-0.3, -0.25) is 9.20 Å². The van der Waals surface area contributed by atoms with E-state index in [-0.39, 0.29) is 5.91 Å². The molecule has 0 fully saturated rings. The highest BCUT2D eigenvalue weighted by Gasteiger charge is 2.18. The number of hydrogen-bond acceptors (Lipinski definition) is 2. The number of carbonyl (C=O) groups excluding carboxylic acids is 1. The summed E-state index contributed by atoms with van der Waals surface area (Å²) < 4.78 is 2.76. The van der Waals surface area contributed by atoms with Crippen molar-refractivity contribution in [2.24, 2.45) is 0 Å². The number of anilines is 1. The number of carbonyl (C=O) groups is 1. The van der Waals surface area contributed by atoms with Crippen LogP contribution in [0.4, 0.5) is 5.69 Å². The molecule has 3 aromatic rings. The Morgan fingerprint density at radius 2 is 1.74 bits per heavy atom. The summed E-state index contributed by atoms with van der Waals surface area (Å²) in [5.74, 6) is -0.155. The molecule has 2 aromatic heterocycles. The van der Waals surface area contributed by atoms with Crippen molar-refractivity contribution in [2.45, 2.75) is 27.7 Å². The minimum absolute atomic E-state index is 0.155. The van der Waals surface area contributed by atoms with Gasteiger partial charge >= 0.3 is 0 Å². The fourth-order valence-corrected chi connectivity index (χ4v) is 3.44. The summed E-state index contributed by atoms with van der Waals surface area (Å²) in [6, 6.07) is 8.00. The second-order valence-corrected chi connectivity index (χ2v) is 6.83. The van der Waals surface area contributed by atoms with Gasteiger partial charge < -0.3 is 5.32 Å². The zero-order valence-electron chi connectivity index (χ0n) is 13.6. The van der Waals surface area contributed by atoms with E-state index >= 15 is 0 Å². The van der Waals surface area contributed by atoms with E-state index in [1.807, 2.05) is 56.5 Å². The van der Waals surface area contributed by atoms with Crippen molar-refractivity contribution >= 4 is 33.2 Å². The summed E-state index contributed by atoms with van der Waals surface area (Å²) in [4.78, 5) is 17.3. The molecule has 3 rings (SSSR count). The maximum absolute atomic E-state index is 12.8. The summed E-state index contributed by atoms with van der Waals surface area (Å²) in [5, 5.41) is 2.98. The van der Waals surface area contributed by atoms with Crippen molar-refractivity contribution in [3.63, 3.8) is 0 Å². The number of aromatic nitrogens is 2. The van der Waals surface area contributed by atoms with E-state index < -0.39 is 0 Å². The number of nitrogens with one attached hydrogen (secondary N) is 1. The number of imidazole rings is 1. The molecule has 4 nitrogen and oxygen atoms in total. The van der Waals surface area contributed by atoms with Gasteiger partial charge in [0.25, 0.3) is 5.91 Å². The minimum Gasteiger partial charge on any atom is -0.321 e. The monoisotopic (exact) mass is 371 g/mol. The fraction of sp³-hybridized carbons (Fsp3) is 0.222. The van der Waals surface area contributed by atoms with Crippen molar-refractivity contribution in [2.75, 3.05) is 5.32 Å². The topological polar surface area (TPSA) is 46.4 Å². The number of pyridine rings is 1. The third-order valence-corrected chi connectivity index (χ3v) is 4.17. The number of benzene rings is 1. The molecule has 118 valence electrons. The van der Waals surface area contributed by atoms with Crippen molar-refractivity contribution in [1.82, 2.24) is 9.38 Å². The Labute approximate surface area is 143 Å². The Bertz CT molecular complexity index is 907. The molecule has 0 bridgehead atoms. The van der Waals surface area contributed by atoms with Crippen molar-refractivity contribution < 1.29 is 4.79 Å². The lowest BCUT2D eigenvalue weighted by Gasteiger charge is -2.09. The molecule has 0 saturated heterocycles. The lowest BCUT2D eigenvalue weighted by atomic mass is 10.1. The van der Waals surface area contributed by atoms with Crippen LogP contribution < -0.4 is 5.32 Å². The largest absolute Gasteiger partial charge is 0.321 e. The molecule has 0 aliphatic carbocycles. The number of aryl methyl sites for hydroxylation is 4. The van der Waals surface area contributed by atoms with E-state index in [1.54, 1.807) is 0 Å². The van der Waals surface area contributed by atoms with Crippen LogP contribution in [0.3, 0.4) is 0 Å². The van der Waals surface area contributed by atoms with Crippen molar-refractivity contribution in [1.29, 1.82) is 0 Å². The normalized spacial score (nSPS) is 11.0. The van der Waals surface area contributed by atoms with Crippen LogP contribution in [0.1, 0.15) is 32.9 Å². The molecular formula is C18H18BrN3O. The summed E-state index contributed by atoms with van der Waals surface area (Å²) in [5.41, 5.74) is 6.14. The summed E-state index contributed by atoms with van der Waals surface area (Å²) >= 11 is 3.48. The lowest BCUT2D eigenvalue weighted by molar-refractivity contribution is 0.102. The third-order valence-electron chi connectivity index (χ3n) is 3.74. The van der Waals surface area contributed by atoms with Gasteiger partial charge in [-0.1, -0.05) is 6.07 Å². The second-order valence-electron chi connectivity index (χ2n) is 5.91. The molecule has 0 radical (unpaired) electrons. The fourth-order valence-electron chi connectivity index (χ4n) is 2.89. The molecule has 1 aromatic carbocycles. The smallest absolute Gasteiger partial charge is 0.274 e. The first-order valence-electron chi connectivity index (χ1n) is 7.39. The molecule has 0 saturated carbocycles. The predicted molar refractivity (Wildman–Crippen MR) is 96.2 cm³/mol. The molecule has 0 unspecified atom stereocenters. The van der Waals surface area contributed by atoms with E-state index in [4.69, 9.17) is 0 Å². The SMILES string of the molecule is Cc1cc(C)cc(NC(=O)c2c(C)nc3c(C)cc(Br)cn23)c1. The molecule has 1 amide bonds. The molecule has 2 heterocycles. The number of hydrogen-bond donors (Lipinski definition) is 1.